The Balaban J connectivity index is 1.56. The van der Waals surface area contributed by atoms with Crippen molar-refractivity contribution < 1.29 is 14.6 Å². The highest BCUT2D eigenvalue weighted by atomic mass is 16.5. The fraction of sp³-hybridized carbons (Fsp3) is 0.278. The summed E-state index contributed by atoms with van der Waals surface area (Å²) in [6.45, 7) is 0.315. The van der Waals surface area contributed by atoms with Gasteiger partial charge in [0.05, 0.1) is 18.7 Å². The molecule has 2 aromatic carbocycles. The Hall–Kier alpha value is -2.53. The van der Waals surface area contributed by atoms with E-state index in [0.29, 0.717) is 13.0 Å². The monoisotopic (exact) mass is 312 g/mol. The minimum atomic E-state index is -0.324. The number of hydrogen-bond donors (Lipinski definition) is 3. The van der Waals surface area contributed by atoms with E-state index in [1.54, 1.807) is 0 Å². The predicted octanol–water partition coefficient (Wildman–Crippen LogP) is 2.02. The van der Waals surface area contributed by atoms with Gasteiger partial charge in [0.2, 0.25) is 0 Å². The van der Waals surface area contributed by atoms with E-state index < -0.39 is 0 Å². The zero-order chi connectivity index (χ0) is 16.1. The van der Waals surface area contributed by atoms with Crippen molar-refractivity contribution in [1.82, 2.24) is 10.6 Å². The number of ether oxygens (including phenoxy) is 1. The lowest BCUT2D eigenvalue weighted by Crippen LogP contribution is -2.46. The van der Waals surface area contributed by atoms with Crippen LogP contribution in [0.2, 0.25) is 0 Å². The molecule has 0 bridgehead atoms. The Labute approximate surface area is 135 Å². The normalized spacial score (nSPS) is 17.0. The number of aliphatic hydroxyl groups excluding tert-OH is 1. The molecule has 0 fully saturated rings. The van der Waals surface area contributed by atoms with E-state index in [0.717, 1.165) is 16.9 Å². The number of carbonyl (C=O) groups excluding carboxylic acids is 1. The smallest absolute Gasteiger partial charge is 0.315 e. The number of urea groups is 1. The fourth-order valence-electron chi connectivity index (χ4n) is 2.73. The zero-order valence-electron chi connectivity index (χ0n) is 12.7. The average molecular weight is 312 g/mol. The third-order valence-corrected chi connectivity index (χ3v) is 3.89. The lowest BCUT2D eigenvalue weighted by Gasteiger charge is -2.19. The summed E-state index contributed by atoms with van der Waals surface area (Å²) < 4.78 is 5.55. The molecule has 2 amide bonds. The molecule has 0 aromatic heterocycles. The number of carbonyl (C=O) groups is 1. The van der Waals surface area contributed by atoms with E-state index in [1.165, 1.54) is 0 Å². The van der Waals surface area contributed by atoms with Gasteiger partial charge in [-0.25, -0.2) is 4.79 Å². The molecule has 120 valence electrons. The lowest BCUT2D eigenvalue weighted by atomic mass is 10.1. The molecule has 1 aliphatic rings. The van der Waals surface area contributed by atoms with E-state index in [2.05, 4.69) is 10.6 Å². The first-order chi connectivity index (χ1) is 11.3. The second-order valence-electron chi connectivity index (χ2n) is 5.59. The van der Waals surface area contributed by atoms with Gasteiger partial charge < -0.3 is 20.5 Å². The molecular weight excluding hydrogens is 292 g/mol. The van der Waals surface area contributed by atoms with Crippen molar-refractivity contribution in [3.05, 3.63) is 65.7 Å². The van der Waals surface area contributed by atoms with Crippen LogP contribution in [0.15, 0.2) is 54.6 Å². The number of rotatable bonds is 5. The van der Waals surface area contributed by atoms with Crippen LogP contribution in [0.5, 0.6) is 5.75 Å². The average Bonchev–Trinajstić information content (AvgIpc) is 2.98. The Kier molecular flexibility index (Phi) is 4.78. The highest BCUT2D eigenvalue weighted by molar-refractivity contribution is 5.75. The number of amides is 2. The molecule has 0 spiro atoms. The molecule has 5 nitrogen and oxygen atoms in total. The topological polar surface area (TPSA) is 70.6 Å². The van der Waals surface area contributed by atoms with Gasteiger partial charge in [0.25, 0.3) is 0 Å². The molecule has 2 aromatic rings. The number of aliphatic hydroxyl groups is 1. The van der Waals surface area contributed by atoms with Crippen LogP contribution < -0.4 is 15.4 Å². The number of nitrogens with one attached hydrogen (secondary N) is 2. The summed E-state index contributed by atoms with van der Waals surface area (Å²) >= 11 is 0. The van der Waals surface area contributed by atoms with E-state index >= 15 is 0 Å². The molecule has 0 saturated heterocycles. The van der Waals surface area contributed by atoms with Crippen molar-refractivity contribution in [2.24, 2.45) is 0 Å². The van der Waals surface area contributed by atoms with Gasteiger partial charge in [-0.15, -0.1) is 0 Å². The molecule has 2 atom stereocenters. The molecule has 3 rings (SSSR count). The van der Waals surface area contributed by atoms with E-state index in [9.17, 15) is 9.90 Å². The summed E-state index contributed by atoms with van der Waals surface area (Å²) in [6, 6.07) is 16.6. The van der Waals surface area contributed by atoms with Crippen molar-refractivity contribution in [2.75, 3.05) is 13.2 Å². The van der Waals surface area contributed by atoms with Crippen LogP contribution in [0.4, 0.5) is 4.79 Å². The molecule has 1 unspecified atom stereocenters. The largest absolute Gasteiger partial charge is 0.491 e. The molecule has 1 aliphatic heterocycles. The minimum absolute atomic E-state index is 0.111. The first kappa shape index (κ1) is 15.4. The Morgan fingerprint density at radius 1 is 1.17 bits per heavy atom. The van der Waals surface area contributed by atoms with Crippen LogP contribution in [-0.4, -0.2) is 30.4 Å². The maximum atomic E-state index is 12.2. The standard InChI is InChI=1S/C18H20N2O3/c21-11-14(10-13-6-2-1-3-7-13)19-18(22)20-16-12-23-17-9-5-4-8-15(16)17/h1-9,14,16,21H,10-12H2,(H2,19,20,22)/t14-,16?/m0/s1. The maximum Gasteiger partial charge on any atom is 0.315 e. The van der Waals surface area contributed by atoms with Gasteiger partial charge in [0.1, 0.15) is 12.4 Å². The first-order valence-electron chi connectivity index (χ1n) is 7.70. The van der Waals surface area contributed by atoms with Gasteiger partial charge in [-0.2, -0.15) is 0 Å². The van der Waals surface area contributed by atoms with Crippen molar-refractivity contribution >= 4 is 6.03 Å². The van der Waals surface area contributed by atoms with Crippen LogP contribution in [0.25, 0.3) is 0 Å². The van der Waals surface area contributed by atoms with Gasteiger partial charge >= 0.3 is 6.03 Å². The third kappa shape index (κ3) is 3.81. The van der Waals surface area contributed by atoms with Gasteiger partial charge in [-0.3, -0.25) is 0 Å². The molecular formula is C18H20N2O3. The quantitative estimate of drug-likeness (QED) is 0.791. The second-order valence-corrected chi connectivity index (χ2v) is 5.59. The number of fused-ring (bicyclic) bond motifs is 1. The van der Waals surface area contributed by atoms with Crippen LogP contribution in [-0.2, 0) is 6.42 Å². The highest BCUT2D eigenvalue weighted by Crippen LogP contribution is 2.31. The summed E-state index contributed by atoms with van der Waals surface area (Å²) in [5.74, 6) is 0.806. The van der Waals surface area contributed by atoms with Crippen LogP contribution >= 0.6 is 0 Å². The molecule has 0 aliphatic carbocycles. The maximum absolute atomic E-state index is 12.2. The Morgan fingerprint density at radius 2 is 1.91 bits per heavy atom. The van der Waals surface area contributed by atoms with Crippen LogP contribution in [0.3, 0.4) is 0 Å². The van der Waals surface area contributed by atoms with Gasteiger partial charge in [-0.05, 0) is 18.1 Å². The lowest BCUT2D eigenvalue weighted by molar-refractivity contribution is 0.210. The summed E-state index contributed by atoms with van der Waals surface area (Å²) in [5.41, 5.74) is 2.05. The van der Waals surface area contributed by atoms with E-state index in [4.69, 9.17) is 4.74 Å². The Morgan fingerprint density at radius 3 is 2.70 bits per heavy atom. The minimum Gasteiger partial charge on any atom is -0.491 e. The second kappa shape index (κ2) is 7.15. The Bertz CT molecular complexity index is 660. The summed E-state index contributed by atoms with van der Waals surface area (Å²) in [5, 5.41) is 15.2. The predicted molar refractivity (Wildman–Crippen MR) is 87.4 cm³/mol. The van der Waals surface area contributed by atoms with Gasteiger partial charge in [-0.1, -0.05) is 48.5 Å². The van der Waals surface area contributed by atoms with Crippen molar-refractivity contribution in [2.45, 2.75) is 18.5 Å². The number of benzene rings is 2. The molecule has 23 heavy (non-hydrogen) atoms. The molecule has 0 radical (unpaired) electrons. The van der Waals surface area contributed by atoms with Crippen LogP contribution in [0, 0.1) is 0 Å². The van der Waals surface area contributed by atoms with Crippen LogP contribution in [0.1, 0.15) is 17.2 Å². The fourth-order valence-corrected chi connectivity index (χ4v) is 2.73. The van der Waals surface area contributed by atoms with Crippen molar-refractivity contribution in [1.29, 1.82) is 0 Å². The summed E-state index contributed by atoms with van der Waals surface area (Å²) in [6.07, 6.45) is 0.586. The molecule has 1 heterocycles. The van der Waals surface area contributed by atoms with Crippen molar-refractivity contribution in [3.63, 3.8) is 0 Å². The molecule has 5 heteroatoms. The van der Waals surface area contributed by atoms with Crippen molar-refractivity contribution in [3.8, 4) is 5.75 Å². The number of para-hydroxylation sites is 1. The number of hydrogen-bond acceptors (Lipinski definition) is 3. The SMILES string of the molecule is O=C(NC1COc2ccccc21)N[C@H](CO)Cc1ccccc1. The zero-order valence-corrected chi connectivity index (χ0v) is 12.7. The molecule has 0 saturated carbocycles. The summed E-state index contributed by atoms with van der Waals surface area (Å²) in [4.78, 5) is 12.2. The van der Waals surface area contributed by atoms with Gasteiger partial charge in [0.15, 0.2) is 0 Å². The highest BCUT2D eigenvalue weighted by Gasteiger charge is 2.25. The molecule has 3 N–H and O–H groups in total. The van der Waals surface area contributed by atoms with E-state index in [-0.39, 0.29) is 24.7 Å². The third-order valence-electron chi connectivity index (χ3n) is 3.89. The van der Waals surface area contributed by atoms with Gasteiger partial charge in [0, 0.05) is 5.56 Å². The van der Waals surface area contributed by atoms with E-state index in [1.807, 2.05) is 54.6 Å². The summed E-state index contributed by atoms with van der Waals surface area (Å²) in [7, 11) is 0. The first-order valence-corrected chi connectivity index (χ1v) is 7.70.